The van der Waals surface area contributed by atoms with Gasteiger partial charge in [0, 0.05) is 6.04 Å². The molecule has 0 amide bonds. The summed E-state index contributed by atoms with van der Waals surface area (Å²) < 4.78 is 5.59. The van der Waals surface area contributed by atoms with Crippen molar-refractivity contribution in [2.75, 3.05) is 6.54 Å². The first kappa shape index (κ1) is 13.3. The molecule has 0 saturated carbocycles. The van der Waals surface area contributed by atoms with Gasteiger partial charge in [0.1, 0.15) is 5.75 Å². The van der Waals surface area contributed by atoms with Crippen LogP contribution < -0.4 is 10.1 Å². The second kappa shape index (κ2) is 6.12. The smallest absolute Gasteiger partial charge is 0.138 e. The predicted molar refractivity (Wildman–Crippen MR) is 69.3 cm³/mol. The van der Waals surface area contributed by atoms with Crippen molar-refractivity contribution in [2.24, 2.45) is 0 Å². The average molecular weight is 242 g/mol. The topological polar surface area (TPSA) is 21.3 Å². The van der Waals surface area contributed by atoms with E-state index in [1.807, 2.05) is 26.0 Å². The molecule has 1 N–H and O–H groups in total. The van der Waals surface area contributed by atoms with E-state index in [9.17, 15) is 0 Å². The average Bonchev–Trinajstić information content (AvgIpc) is 2.20. The monoisotopic (exact) mass is 241 g/mol. The normalized spacial score (nSPS) is 12.9. The zero-order valence-electron chi connectivity index (χ0n) is 10.4. The minimum Gasteiger partial charge on any atom is -0.489 e. The lowest BCUT2D eigenvalue weighted by Crippen LogP contribution is -2.17. The second-order valence-electron chi connectivity index (χ2n) is 4.14. The van der Waals surface area contributed by atoms with Gasteiger partial charge in [0.2, 0.25) is 0 Å². The summed E-state index contributed by atoms with van der Waals surface area (Å²) in [5.74, 6) is 0.754. The van der Waals surface area contributed by atoms with Crippen molar-refractivity contribution in [3.8, 4) is 5.75 Å². The molecular formula is C13H20ClNO. The molecule has 1 atom stereocenters. The van der Waals surface area contributed by atoms with Crippen LogP contribution in [-0.4, -0.2) is 12.6 Å². The van der Waals surface area contributed by atoms with Gasteiger partial charge < -0.3 is 10.1 Å². The van der Waals surface area contributed by atoms with Crippen LogP contribution in [0.2, 0.25) is 5.02 Å². The lowest BCUT2D eigenvalue weighted by atomic mass is 10.1. The maximum atomic E-state index is 6.16. The summed E-state index contributed by atoms with van der Waals surface area (Å²) in [6.45, 7) is 9.15. The molecule has 0 aromatic heterocycles. The molecule has 1 rings (SSSR count). The van der Waals surface area contributed by atoms with Gasteiger partial charge in [0.25, 0.3) is 0 Å². The number of ether oxygens (including phenoxy) is 1. The largest absolute Gasteiger partial charge is 0.489 e. The summed E-state index contributed by atoms with van der Waals surface area (Å²) in [5, 5.41) is 4.03. The molecule has 0 bridgehead atoms. The molecule has 0 aliphatic carbocycles. The van der Waals surface area contributed by atoms with Crippen LogP contribution in [0.1, 0.15) is 39.3 Å². The van der Waals surface area contributed by atoms with Crippen LogP contribution in [0.25, 0.3) is 0 Å². The fraction of sp³-hybridized carbons (Fsp3) is 0.538. The van der Waals surface area contributed by atoms with E-state index in [4.69, 9.17) is 16.3 Å². The molecule has 0 spiro atoms. The van der Waals surface area contributed by atoms with Crippen LogP contribution in [0, 0.1) is 0 Å². The molecule has 90 valence electrons. The van der Waals surface area contributed by atoms with E-state index in [0.29, 0.717) is 11.1 Å². The van der Waals surface area contributed by atoms with Crippen LogP contribution in [-0.2, 0) is 0 Å². The Bertz CT molecular complexity index is 339. The van der Waals surface area contributed by atoms with Crippen molar-refractivity contribution in [3.05, 3.63) is 28.8 Å². The summed E-state index contributed by atoms with van der Waals surface area (Å²) in [4.78, 5) is 0. The Morgan fingerprint density at radius 1 is 1.31 bits per heavy atom. The third-order valence-electron chi connectivity index (χ3n) is 2.33. The number of rotatable bonds is 5. The lowest BCUT2D eigenvalue weighted by Gasteiger charge is -2.16. The molecule has 3 heteroatoms. The summed E-state index contributed by atoms with van der Waals surface area (Å²) in [6.07, 6.45) is 0.148. The SMILES string of the molecule is CCNC(C)c1ccc(OC(C)C)c(Cl)c1. The van der Waals surface area contributed by atoms with Crippen molar-refractivity contribution in [2.45, 2.75) is 39.8 Å². The maximum Gasteiger partial charge on any atom is 0.138 e. The van der Waals surface area contributed by atoms with E-state index < -0.39 is 0 Å². The number of hydrogen-bond donors (Lipinski definition) is 1. The van der Waals surface area contributed by atoms with Crippen LogP contribution in [0.5, 0.6) is 5.75 Å². The van der Waals surface area contributed by atoms with E-state index >= 15 is 0 Å². The molecule has 2 nitrogen and oxygen atoms in total. The van der Waals surface area contributed by atoms with Crippen LogP contribution in [0.15, 0.2) is 18.2 Å². The third-order valence-corrected chi connectivity index (χ3v) is 2.62. The molecule has 0 aliphatic heterocycles. The van der Waals surface area contributed by atoms with Gasteiger partial charge in [-0.05, 0) is 45.0 Å². The highest BCUT2D eigenvalue weighted by Crippen LogP contribution is 2.28. The molecule has 16 heavy (non-hydrogen) atoms. The van der Waals surface area contributed by atoms with Gasteiger partial charge in [0.05, 0.1) is 11.1 Å². The standard InChI is InChI=1S/C13H20ClNO/c1-5-15-10(4)11-6-7-13(12(14)8-11)16-9(2)3/h6-10,15H,5H2,1-4H3. The number of benzene rings is 1. The number of hydrogen-bond acceptors (Lipinski definition) is 2. The fourth-order valence-corrected chi connectivity index (χ4v) is 1.79. The van der Waals surface area contributed by atoms with Crippen LogP contribution in [0.4, 0.5) is 0 Å². The zero-order chi connectivity index (χ0) is 12.1. The van der Waals surface area contributed by atoms with E-state index in [0.717, 1.165) is 12.3 Å². The minimum absolute atomic E-state index is 0.148. The van der Waals surface area contributed by atoms with Gasteiger partial charge in [-0.2, -0.15) is 0 Å². The fourth-order valence-electron chi connectivity index (χ4n) is 1.56. The van der Waals surface area contributed by atoms with E-state index in [1.54, 1.807) is 0 Å². The van der Waals surface area contributed by atoms with E-state index in [1.165, 1.54) is 5.56 Å². The Hall–Kier alpha value is -0.730. The zero-order valence-corrected chi connectivity index (χ0v) is 11.1. The predicted octanol–water partition coefficient (Wildman–Crippen LogP) is 3.80. The van der Waals surface area contributed by atoms with Gasteiger partial charge in [-0.25, -0.2) is 0 Å². The minimum atomic E-state index is 0.148. The third kappa shape index (κ3) is 3.69. The maximum absolute atomic E-state index is 6.16. The van der Waals surface area contributed by atoms with Crippen molar-refractivity contribution < 1.29 is 4.74 Å². The molecule has 1 aromatic carbocycles. The Morgan fingerprint density at radius 2 is 2.00 bits per heavy atom. The number of halogens is 1. The molecule has 1 unspecified atom stereocenters. The van der Waals surface area contributed by atoms with Gasteiger partial charge in [-0.15, -0.1) is 0 Å². The number of nitrogens with one attached hydrogen (secondary N) is 1. The molecule has 0 radical (unpaired) electrons. The van der Waals surface area contributed by atoms with Crippen molar-refractivity contribution >= 4 is 11.6 Å². The van der Waals surface area contributed by atoms with Crippen LogP contribution >= 0.6 is 11.6 Å². The van der Waals surface area contributed by atoms with E-state index in [-0.39, 0.29) is 6.10 Å². The second-order valence-corrected chi connectivity index (χ2v) is 4.54. The Labute approximate surface area is 103 Å². The van der Waals surface area contributed by atoms with Crippen molar-refractivity contribution in [3.63, 3.8) is 0 Å². The Kier molecular flexibility index (Phi) is 5.10. The molecule has 0 aliphatic rings. The van der Waals surface area contributed by atoms with Gasteiger partial charge in [-0.3, -0.25) is 0 Å². The Balaban J connectivity index is 2.82. The highest BCUT2D eigenvalue weighted by molar-refractivity contribution is 6.32. The van der Waals surface area contributed by atoms with Crippen LogP contribution in [0.3, 0.4) is 0 Å². The first-order chi connectivity index (χ1) is 7.54. The summed E-state index contributed by atoms with van der Waals surface area (Å²) in [7, 11) is 0. The van der Waals surface area contributed by atoms with E-state index in [2.05, 4.69) is 25.2 Å². The first-order valence-electron chi connectivity index (χ1n) is 5.74. The molecule has 0 saturated heterocycles. The van der Waals surface area contributed by atoms with Gasteiger partial charge in [-0.1, -0.05) is 24.6 Å². The van der Waals surface area contributed by atoms with Crippen molar-refractivity contribution in [1.82, 2.24) is 5.32 Å². The summed E-state index contributed by atoms with van der Waals surface area (Å²) in [6, 6.07) is 6.27. The molecule has 0 heterocycles. The molecule has 1 aromatic rings. The lowest BCUT2D eigenvalue weighted by molar-refractivity contribution is 0.242. The molecule has 0 fully saturated rings. The first-order valence-corrected chi connectivity index (χ1v) is 6.11. The summed E-state index contributed by atoms with van der Waals surface area (Å²) in [5.41, 5.74) is 1.18. The summed E-state index contributed by atoms with van der Waals surface area (Å²) >= 11 is 6.16. The highest BCUT2D eigenvalue weighted by atomic mass is 35.5. The molecular weight excluding hydrogens is 222 g/mol. The van der Waals surface area contributed by atoms with Gasteiger partial charge in [0.15, 0.2) is 0 Å². The van der Waals surface area contributed by atoms with Crippen molar-refractivity contribution in [1.29, 1.82) is 0 Å². The Morgan fingerprint density at radius 3 is 2.50 bits per heavy atom. The van der Waals surface area contributed by atoms with Gasteiger partial charge >= 0.3 is 0 Å². The highest BCUT2D eigenvalue weighted by Gasteiger charge is 2.08. The quantitative estimate of drug-likeness (QED) is 0.847.